The lowest BCUT2D eigenvalue weighted by Crippen LogP contribution is -2.40. The van der Waals surface area contributed by atoms with Crippen LogP contribution in [-0.2, 0) is 31.4 Å². The van der Waals surface area contributed by atoms with E-state index in [0.29, 0.717) is 47.1 Å². The molecule has 2 aromatic carbocycles. The highest BCUT2D eigenvalue weighted by Crippen LogP contribution is 2.33. The zero-order chi connectivity index (χ0) is 31.8. The Bertz CT molecular complexity index is 1800. The van der Waals surface area contributed by atoms with Crippen molar-refractivity contribution < 1.29 is 27.5 Å². The minimum Gasteiger partial charge on any atom is -0.475 e. The van der Waals surface area contributed by atoms with E-state index in [9.17, 15) is 27.2 Å². The van der Waals surface area contributed by atoms with Gasteiger partial charge in [-0.05, 0) is 48.1 Å². The summed E-state index contributed by atoms with van der Waals surface area (Å²) in [6, 6.07) is 14.0. The fourth-order valence-corrected chi connectivity index (χ4v) is 5.91. The van der Waals surface area contributed by atoms with Gasteiger partial charge in [0.2, 0.25) is 5.95 Å². The molecule has 2 atom stereocenters. The van der Waals surface area contributed by atoms with Crippen LogP contribution in [0, 0.1) is 11.7 Å². The maximum atomic E-state index is 13.9. The summed E-state index contributed by atoms with van der Waals surface area (Å²) in [4.78, 5) is 43.2. The second kappa shape index (κ2) is 12.4. The second-order valence-electron chi connectivity index (χ2n) is 10.7. The highest BCUT2D eigenvalue weighted by molar-refractivity contribution is 6.31. The molecular formula is C29H29ClF4N6O4. The molecule has 2 fully saturated rings. The molecule has 2 unspecified atom stereocenters. The van der Waals surface area contributed by atoms with Crippen LogP contribution in [-0.4, -0.2) is 61.6 Å². The van der Waals surface area contributed by atoms with Crippen molar-refractivity contribution >= 4 is 34.7 Å². The molecular weight excluding hydrogens is 608 g/mol. The van der Waals surface area contributed by atoms with Crippen LogP contribution in [0.15, 0.2) is 58.1 Å². The van der Waals surface area contributed by atoms with Gasteiger partial charge in [0.15, 0.2) is 11.2 Å². The SMILES string of the molecule is Cn1c(=O)n(CCc2ccc(F)cc2)c(=O)c2c1nc(N1CCC3CNCC31)n2Cc1ccccc1Cl.O=C(O)C(F)(F)F. The molecule has 2 N–H and O–H groups in total. The Labute approximate surface area is 253 Å². The smallest absolute Gasteiger partial charge is 0.475 e. The number of carboxylic acid groups (broad SMARTS) is 1. The molecule has 0 amide bonds. The van der Waals surface area contributed by atoms with Crippen LogP contribution in [0.5, 0.6) is 0 Å². The zero-order valence-electron chi connectivity index (χ0n) is 23.5. The molecule has 4 aromatic rings. The number of hydrogen-bond acceptors (Lipinski definition) is 6. The van der Waals surface area contributed by atoms with Gasteiger partial charge >= 0.3 is 17.8 Å². The molecule has 234 valence electrons. The van der Waals surface area contributed by atoms with Crippen molar-refractivity contribution in [1.29, 1.82) is 0 Å². The first-order valence-electron chi connectivity index (χ1n) is 13.8. The highest BCUT2D eigenvalue weighted by atomic mass is 35.5. The number of fused-ring (bicyclic) bond motifs is 2. The summed E-state index contributed by atoms with van der Waals surface area (Å²) in [6.45, 7) is 3.22. The highest BCUT2D eigenvalue weighted by Gasteiger charge is 2.40. The molecule has 2 aromatic heterocycles. The van der Waals surface area contributed by atoms with Crippen molar-refractivity contribution in [3.63, 3.8) is 0 Å². The minimum atomic E-state index is -5.08. The number of aryl methyl sites for hydroxylation is 2. The summed E-state index contributed by atoms with van der Waals surface area (Å²) < 4.78 is 49.7. The van der Waals surface area contributed by atoms with Gasteiger partial charge < -0.3 is 15.3 Å². The molecule has 10 nitrogen and oxygen atoms in total. The third kappa shape index (κ3) is 6.22. The Hall–Kier alpha value is -4.17. The lowest BCUT2D eigenvalue weighted by Gasteiger charge is -2.25. The predicted molar refractivity (Wildman–Crippen MR) is 156 cm³/mol. The van der Waals surface area contributed by atoms with Crippen molar-refractivity contribution in [2.24, 2.45) is 13.0 Å². The molecule has 15 heteroatoms. The number of benzene rings is 2. The second-order valence-corrected chi connectivity index (χ2v) is 11.1. The van der Waals surface area contributed by atoms with Crippen molar-refractivity contribution in [3.8, 4) is 0 Å². The van der Waals surface area contributed by atoms with E-state index in [1.54, 1.807) is 19.2 Å². The largest absolute Gasteiger partial charge is 0.490 e. The lowest BCUT2D eigenvalue weighted by atomic mass is 10.1. The molecule has 0 aliphatic carbocycles. The van der Waals surface area contributed by atoms with Crippen molar-refractivity contribution in [3.05, 3.63) is 91.3 Å². The van der Waals surface area contributed by atoms with Crippen LogP contribution in [0.3, 0.4) is 0 Å². The average molecular weight is 637 g/mol. The number of hydrogen-bond donors (Lipinski definition) is 2. The summed E-state index contributed by atoms with van der Waals surface area (Å²) in [5.41, 5.74) is 1.66. The number of nitrogens with zero attached hydrogens (tertiary/aromatic N) is 5. The Balaban J connectivity index is 0.000000493. The Morgan fingerprint density at radius 2 is 1.77 bits per heavy atom. The number of alkyl halides is 3. The Kier molecular flexibility index (Phi) is 8.84. The van der Waals surface area contributed by atoms with Gasteiger partial charge in [0, 0.05) is 44.3 Å². The summed E-state index contributed by atoms with van der Waals surface area (Å²) in [5.74, 6) is -1.86. The molecule has 2 saturated heterocycles. The normalized spacial score (nSPS) is 17.9. The molecule has 4 heterocycles. The minimum absolute atomic E-state index is 0.179. The van der Waals surface area contributed by atoms with Crippen molar-refractivity contribution in [2.45, 2.75) is 38.1 Å². The maximum absolute atomic E-state index is 13.9. The first-order chi connectivity index (χ1) is 20.9. The number of anilines is 1. The number of carboxylic acids is 1. The van der Waals surface area contributed by atoms with E-state index in [1.807, 2.05) is 28.8 Å². The van der Waals surface area contributed by atoms with Crippen molar-refractivity contribution in [1.82, 2.24) is 24.0 Å². The van der Waals surface area contributed by atoms with Crippen LogP contribution in [0.4, 0.5) is 23.5 Å². The van der Waals surface area contributed by atoms with Gasteiger partial charge in [0.1, 0.15) is 5.82 Å². The first-order valence-corrected chi connectivity index (χ1v) is 14.2. The molecule has 44 heavy (non-hydrogen) atoms. The topological polar surface area (TPSA) is 114 Å². The van der Waals surface area contributed by atoms with Crippen LogP contribution >= 0.6 is 11.6 Å². The zero-order valence-corrected chi connectivity index (χ0v) is 24.3. The quantitative estimate of drug-likeness (QED) is 0.312. The monoisotopic (exact) mass is 636 g/mol. The van der Waals surface area contributed by atoms with Gasteiger partial charge in [-0.3, -0.25) is 18.5 Å². The van der Waals surface area contributed by atoms with E-state index in [2.05, 4.69) is 10.2 Å². The van der Waals surface area contributed by atoms with Gasteiger partial charge in [0.05, 0.1) is 6.54 Å². The van der Waals surface area contributed by atoms with E-state index < -0.39 is 17.8 Å². The molecule has 0 radical (unpaired) electrons. The standard InChI is InChI=1S/C27H28ClFN6O2.C2HF3O2/c1-32-24-23(25(36)34(27(32)37)12-10-17-6-8-20(29)9-7-17)35(16-19-4-2-3-5-21(19)28)26(31-24)33-13-11-18-14-30-15-22(18)33;3-2(4,5)1(6)7/h2-9,18,22,30H,10-16H2,1H3;(H,6,7). The van der Waals surface area contributed by atoms with Crippen LogP contribution in [0.1, 0.15) is 17.5 Å². The number of halogens is 5. The summed E-state index contributed by atoms with van der Waals surface area (Å²) in [6.07, 6.45) is -3.61. The molecule has 0 saturated carbocycles. The number of aromatic nitrogens is 4. The molecule has 6 rings (SSSR count). The molecule has 2 aliphatic heterocycles. The van der Waals surface area contributed by atoms with E-state index in [4.69, 9.17) is 26.5 Å². The molecule has 0 bridgehead atoms. The lowest BCUT2D eigenvalue weighted by molar-refractivity contribution is -0.192. The van der Waals surface area contributed by atoms with Crippen LogP contribution < -0.4 is 21.5 Å². The van der Waals surface area contributed by atoms with Crippen molar-refractivity contribution in [2.75, 3.05) is 24.5 Å². The summed E-state index contributed by atoms with van der Waals surface area (Å²) in [7, 11) is 1.65. The van der Waals surface area contributed by atoms with E-state index >= 15 is 0 Å². The first kappa shape index (κ1) is 31.3. The molecule has 2 aliphatic rings. The number of rotatable bonds is 6. The van der Waals surface area contributed by atoms with Gasteiger partial charge in [-0.25, -0.2) is 14.0 Å². The fraction of sp³-hybridized carbons (Fsp3) is 0.379. The average Bonchev–Trinajstić information content (AvgIpc) is 3.69. The fourth-order valence-electron chi connectivity index (χ4n) is 5.71. The number of nitrogens with one attached hydrogen (secondary N) is 1. The molecule has 0 spiro atoms. The maximum Gasteiger partial charge on any atom is 0.490 e. The summed E-state index contributed by atoms with van der Waals surface area (Å²) in [5, 5.41) is 11.2. The van der Waals surface area contributed by atoms with E-state index in [-0.39, 0.29) is 17.9 Å². The number of carbonyl (C=O) groups is 1. The van der Waals surface area contributed by atoms with Gasteiger partial charge in [0.25, 0.3) is 5.56 Å². The van der Waals surface area contributed by atoms with Gasteiger partial charge in [-0.2, -0.15) is 18.2 Å². The predicted octanol–water partition coefficient (Wildman–Crippen LogP) is 3.41. The van der Waals surface area contributed by atoms with Gasteiger partial charge in [-0.15, -0.1) is 0 Å². The summed E-state index contributed by atoms with van der Waals surface area (Å²) >= 11 is 6.53. The van der Waals surface area contributed by atoms with E-state index in [1.165, 1.54) is 21.3 Å². The number of imidazole rings is 1. The third-order valence-corrected chi connectivity index (χ3v) is 8.35. The third-order valence-electron chi connectivity index (χ3n) is 7.98. The van der Waals surface area contributed by atoms with Crippen LogP contribution in [0.2, 0.25) is 5.02 Å². The van der Waals surface area contributed by atoms with Gasteiger partial charge in [-0.1, -0.05) is 41.9 Å². The number of aliphatic carboxylic acids is 1. The Morgan fingerprint density at radius 1 is 1.09 bits per heavy atom. The van der Waals surface area contributed by atoms with Crippen LogP contribution in [0.25, 0.3) is 11.2 Å². The van der Waals surface area contributed by atoms with E-state index in [0.717, 1.165) is 37.2 Å². The Morgan fingerprint density at radius 3 is 2.43 bits per heavy atom.